The number of hydrogen-bond acceptors (Lipinski definition) is 5. The van der Waals surface area contributed by atoms with Crippen LogP contribution < -0.4 is 5.32 Å². The lowest BCUT2D eigenvalue weighted by Crippen LogP contribution is -2.13. The summed E-state index contributed by atoms with van der Waals surface area (Å²) in [4.78, 5) is 21.1. The van der Waals surface area contributed by atoms with Gasteiger partial charge in [-0.3, -0.25) is 9.97 Å². The Morgan fingerprint density at radius 3 is 2.80 bits per heavy atom. The predicted octanol–water partition coefficient (Wildman–Crippen LogP) is 3.78. The molecule has 1 aliphatic rings. The monoisotopic (exact) mass is 330 g/mol. The molecule has 1 saturated carbocycles. The maximum Gasteiger partial charge on any atom is 0.224 e. The number of aromatic amines is 1. The first-order valence-electron chi connectivity index (χ1n) is 8.49. The van der Waals surface area contributed by atoms with Gasteiger partial charge in [0.25, 0.3) is 0 Å². The van der Waals surface area contributed by atoms with Gasteiger partial charge in [0.2, 0.25) is 5.95 Å². The van der Waals surface area contributed by atoms with Crippen molar-refractivity contribution in [2.75, 3.05) is 11.9 Å². The number of aromatic nitrogens is 5. The highest BCUT2D eigenvalue weighted by atomic mass is 15.1. The number of benzene rings is 1. The summed E-state index contributed by atoms with van der Waals surface area (Å²) in [5, 5.41) is 4.36. The minimum absolute atomic E-state index is 0.422. The van der Waals surface area contributed by atoms with E-state index in [1.165, 1.54) is 12.8 Å². The first kappa shape index (κ1) is 14.3. The Morgan fingerprint density at radius 2 is 1.96 bits per heavy atom. The topological polar surface area (TPSA) is 79.4 Å². The first-order valence-corrected chi connectivity index (χ1v) is 8.49. The molecule has 0 saturated heterocycles. The molecule has 6 nitrogen and oxygen atoms in total. The summed E-state index contributed by atoms with van der Waals surface area (Å²) in [6, 6.07) is 6.09. The van der Waals surface area contributed by atoms with E-state index in [2.05, 4.69) is 43.2 Å². The smallest absolute Gasteiger partial charge is 0.224 e. The van der Waals surface area contributed by atoms with Gasteiger partial charge in [-0.05, 0) is 36.0 Å². The summed E-state index contributed by atoms with van der Waals surface area (Å²) in [5.74, 6) is 0.679. The molecular weight excluding hydrogens is 312 g/mol. The van der Waals surface area contributed by atoms with Gasteiger partial charge < -0.3 is 10.3 Å². The summed E-state index contributed by atoms with van der Waals surface area (Å²) in [7, 11) is 0. The van der Waals surface area contributed by atoms with E-state index >= 15 is 0 Å². The molecule has 1 fully saturated rings. The third kappa shape index (κ3) is 2.59. The molecule has 2 N–H and O–H groups in total. The van der Waals surface area contributed by atoms with Crippen molar-refractivity contribution in [1.29, 1.82) is 0 Å². The van der Waals surface area contributed by atoms with Crippen molar-refractivity contribution in [3.63, 3.8) is 0 Å². The van der Waals surface area contributed by atoms with Crippen LogP contribution in [0.2, 0.25) is 0 Å². The second-order valence-electron chi connectivity index (χ2n) is 7.08. The highest BCUT2D eigenvalue weighted by molar-refractivity contribution is 5.95. The Morgan fingerprint density at radius 1 is 1.12 bits per heavy atom. The summed E-state index contributed by atoms with van der Waals surface area (Å²) in [6.07, 6.45) is 9.83. The molecule has 3 heterocycles. The molecule has 1 aromatic carbocycles. The van der Waals surface area contributed by atoms with E-state index in [1.54, 1.807) is 12.4 Å². The van der Waals surface area contributed by atoms with Crippen LogP contribution in [-0.4, -0.2) is 31.5 Å². The van der Waals surface area contributed by atoms with Gasteiger partial charge in [-0.25, -0.2) is 4.98 Å². The third-order valence-corrected chi connectivity index (χ3v) is 4.99. The standard InChI is InChI=1S/C19H18N6/c1-19(4-5-19)11-24-18-23-10-14-13(9-22-17(14)25-18)12-2-3-15-16(8-12)21-7-6-20-15/h2-3,6-10H,4-5,11H2,1H3,(H2,22,23,24,25). The van der Waals surface area contributed by atoms with Crippen molar-refractivity contribution in [3.8, 4) is 11.1 Å². The molecule has 0 atom stereocenters. The molecule has 3 aromatic heterocycles. The van der Waals surface area contributed by atoms with Crippen molar-refractivity contribution in [1.82, 2.24) is 24.9 Å². The summed E-state index contributed by atoms with van der Waals surface area (Å²) in [5.41, 5.74) is 5.18. The maximum absolute atomic E-state index is 4.61. The van der Waals surface area contributed by atoms with Crippen LogP contribution in [-0.2, 0) is 0 Å². The van der Waals surface area contributed by atoms with Gasteiger partial charge in [0.15, 0.2) is 0 Å². The van der Waals surface area contributed by atoms with Gasteiger partial charge in [-0.1, -0.05) is 13.0 Å². The largest absolute Gasteiger partial charge is 0.354 e. The highest BCUT2D eigenvalue weighted by Gasteiger charge is 2.36. The van der Waals surface area contributed by atoms with Crippen LogP contribution in [0, 0.1) is 5.41 Å². The third-order valence-electron chi connectivity index (χ3n) is 4.99. The van der Waals surface area contributed by atoms with Crippen molar-refractivity contribution < 1.29 is 0 Å². The number of rotatable bonds is 4. The molecule has 1 aliphatic carbocycles. The zero-order valence-corrected chi connectivity index (χ0v) is 14.0. The van der Waals surface area contributed by atoms with Crippen molar-refractivity contribution in [3.05, 3.63) is 43.0 Å². The fourth-order valence-corrected chi connectivity index (χ4v) is 3.04. The lowest BCUT2D eigenvalue weighted by molar-refractivity contribution is 0.608. The van der Waals surface area contributed by atoms with Gasteiger partial charge >= 0.3 is 0 Å². The van der Waals surface area contributed by atoms with E-state index in [0.717, 1.165) is 39.7 Å². The summed E-state index contributed by atoms with van der Waals surface area (Å²) >= 11 is 0. The maximum atomic E-state index is 4.61. The van der Waals surface area contributed by atoms with Gasteiger partial charge in [-0.2, -0.15) is 4.98 Å². The molecule has 25 heavy (non-hydrogen) atoms. The van der Waals surface area contributed by atoms with E-state index in [-0.39, 0.29) is 0 Å². The Labute approximate surface area is 144 Å². The Hall–Kier alpha value is -3.02. The molecular formula is C19H18N6. The molecule has 0 bridgehead atoms. The van der Waals surface area contributed by atoms with Crippen LogP contribution >= 0.6 is 0 Å². The van der Waals surface area contributed by atoms with Gasteiger partial charge in [0.05, 0.1) is 11.0 Å². The predicted molar refractivity (Wildman–Crippen MR) is 98.3 cm³/mol. The zero-order valence-electron chi connectivity index (χ0n) is 14.0. The number of nitrogens with one attached hydrogen (secondary N) is 2. The lowest BCUT2D eigenvalue weighted by Gasteiger charge is -2.09. The molecule has 0 amide bonds. The number of hydrogen-bond donors (Lipinski definition) is 2. The van der Waals surface area contributed by atoms with E-state index in [0.29, 0.717) is 11.4 Å². The Bertz CT molecular complexity index is 1080. The number of nitrogens with zero attached hydrogens (tertiary/aromatic N) is 4. The highest BCUT2D eigenvalue weighted by Crippen LogP contribution is 2.44. The quantitative estimate of drug-likeness (QED) is 0.595. The lowest BCUT2D eigenvalue weighted by atomic mass is 10.1. The van der Waals surface area contributed by atoms with E-state index in [9.17, 15) is 0 Å². The second-order valence-corrected chi connectivity index (χ2v) is 7.08. The SMILES string of the molecule is CC1(CNc2ncc3c(-c4ccc5nccnc5c4)c[nH]c3n2)CC1. The van der Waals surface area contributed by atoms with E-state index in [1.807, 2.05) is 24.5 Å². The van der Waals surface area contributed by atoms with Crippen LogP contribution in [0.1, 0.15) is 19.8 Å². The first-order chi connectivity index (χ1) is 12.2. The minimum Gasteiger partial charge on any atom is -0.354 e. The molecule has 0 spiro atoms. The van der Waals surface area contributed by atoms with Gasteiger partial charge in [-0.15, -0.1) is 0 Å². The average molecular weight is 330 g/mol. The molecule has 6 heteroatoms. The van der Waals surface area contributed by atoms with Crippen LogP contribution in [0.25, 0.3) is 33.2 Å². The van der Waals surface area contributed by atoms with E-state index in [4.69, 9.17) is 0 Å². The molecule has 4 aromatic rings. The molecule has 0 radical (unpaired) electrons. The van der Waals surface area contributed by atoms with E-state index < -0.39 is 0 Å². The molecule has 124 valence electrons. The number of fused-ring (bicyclic) bond motifs is 2. The fraction of sp³-hybridized carbons (Fsp3) is 0.263. The van der Waals surface area contributed by atoms with Crippen molar-refractivity contribution >= 4 is 28.0 Å². The van der Waals surface area contributed by atoms with Crippen LogP contribution in [0.4, 0.5) is 5.95 Å². The average Bonchev–Trinajstić information content (AvgIpc) is 3.24. The van der Waals surface area contributed by atoms with Crippen LogP contribution in [0.15, 0.2) is 43.0 Å². The Balaban J connectivity index is 1.50. The van der Waals surface area contributed by atoms with Gasteiger partial charge in [0.1, 0.15) is 5.65 Å². The number of anilines is 1. The molecule has 0 aliphatic heterocycles. The van der Waals surface area contributed by atoms with Crippen LogP contribution in [0.5, 0.6) is 0 Å². The minimum atomic E-state index is 0.422. The zero-order chi connectivity index (χ0) is 16.9. The summed E-state index contributed by atoms with van der Waals surface area (Å²) < 4.78 is 0. The normalized spacial score (nSPS) is 15.6. The second kappa shape index (κ2) is 5.24. The van der Waals surface area contributed by atoms with Crippen LogP contribution in [0.3, 0.4) is 0 Å². The van der Waals surface area contributed by atoms with Crippen molar-refractivity contribution in [2.45, 2.75) is 19.8 Å². The number of H-pyrrole nitrogens is 1. The molecule has 0 unspecified atom stereocenters. The fourth-order valence-electron chi connectivity index (χ4n) is 3.04. The Kier molecular flexibility index (Phi) is 3.00. The summed E-state index contributed by atoms with van der Waals surface area (Å²) in [6.45, 7) is 3.21. The van der Waals surface area contributed by atoms with Gasteiger partial charge in [0, 0.05) is 42.3 Å². The van der Waals surface area contributed by atoms with Crippen molar-refractivity contribution in [2.24, 2.45) is 5.41 Å². The molecule has 5 rings (SSSR count).